The minimum absolute atomic E-state index is 0.951. The normalized spacial score (nSPS) is 20.4. The molecule has 3 aromatic carbocycles. The van der Waals surface area contributed by atoms with Crippen LogP contribution < -0.4 is 5.32 Å². The minimum Gasteiger partial charge on any atom is -0.317 e. The van der Waals surface area contributed by atoms with Crippen molar-refractivity contribution < 1.29 is 0 Å². The zero-order valence-electron chi connectivity index (χ0n) is 16.2. The molecule has 2 heterocycles. The minimum atomic E-state index is 0.951. The fourth-order valence-electron chi connectivity index (χ4n) is 5.40. The van der Waals surface area contributed by atoms with Crippen molar-refractivity contribution in [2.75, 3.05) is 26.2 Å². The summed E-state index contributed by atoms with van der Waals surface area (Å²) < 4.78 is 0. The second kappa shape index (κ2) is 7.61. The van der Waals surface area contributed by atoms with Crippen LogP contribution in [0, 0.1) is 11.8 Å². The highest BCUT2D eigenvalue weighted by Gasteiger charge is 2.27. The van der Waals surface area contributed by atoms with E-state index in [1.54, 1.807) is 0 Å². The zero-order valence-corrected chi connectivity index (χ0v) is 16.2. The molecule has 2 heteroatoms. The number of rotatable bonds is 3. The van der Waals surface area contributed by atoms with Crippen LogP contribution >= 0.6 is 0 Å². The Morgan fingerprint density at radius 2 is 1.30 bits per heavy atom. The molecule has 2 fully saturated rings. The fraction of sp³-hybridized carbons (Fsp3) is 0.440. The third-order valence-corrected chi connectivity index (χ3v) is 6.95. The first-order valence-corrected chi connectivity index (χ1v) is 10.7. The molecule has 0 aromatic heterocycles. The monoisotopic (exact) mass is 358 g/mol. The van der Waals surface area contributed by atoms with Gasteiger partial charge in [-0.25, -0.2) is 0 Å². The van der Waals surface area contributed by atoms with Crippen molar-refractivity contribution in [3.63, 3.8) is 0 Å². The third kappa shape index (κ3) is 3.49. The van der Waals surface area contributed by atoms with Crippen LogP contribution in [0.4, 0.5) is 0 Å². The molecule has 140 valence electrons. The van der Waals surface area contributed by atoms with E-state index >= 15 is 0 Å². The first-order chi connectivity index (χ1) is 13.4. The van der Waals surface area contributed by atoms with Crippen LogP contribution in [0.25, 0.3) is 21.5 Å². The Balaban J connectivity index is 1.38. The lowest BCUT2D eigenvalue weighted by Gasteiger charge is -2.38. The fourth-order valence-corrected chi connectivity index (χ4v) is 5.40. The van der Waals surface area contributed by atoms with Crippen molar-refractivity contribution in [1.29, 1.82) is 0 Å². The van der Waals surface area contributed by atoms with E-state index < -0.39 is 0 Å². The van der Waals surface area contributed by atoms with Crippen LogP contribution in [0.15, 0.2) is 54.6 Å². The summed E-state index contributed by atoms with van der Waals surface area (Å²) in [6.45, 7) is 6.05. The maximum atomic E-state index is 3.52. The van der Waals surface area contributed by atoms with Gasteiger partial charge in [-0.3, -0.25) is 4.90 Å². The molecule has 27 heavy (non-hydrogen) atoms. The molecule has 0 radical (unpaired) electrons. The Bertz CT molecular complexity index is 864. The molecule has 0 unspecified atom stereocenters. The predicted octanol–water partition coefficient (Wildman–Crippen LogP) is 5.20. The van der Waals surface area contributed by atoms with E-state index in [0.717, 1.165) is 18.4 Å². The topological polar surface area (TPSA) is 15.3 Å². The summed E-state index contributed by atoms with van der Waals surface area (Å²) in [4.78, 5) is 2.70. The summed E-state index contributed by atoms with van der Waals surface area (Å²) in [5.41, 5.74) is 1.52. The Labute approximate surface area is 162 Å². The Kier molecular flexibility index (Phi) is 4.85. The van der Waals surface area contributed by atoms with E-state index in [0.29, 0.717) is 0 Å². The van der Waals surface area contributed by atoms with Crippen molar-refractivity contribution in [3.8, 4) is 0 Å². The molecule has 0 aliphatic carbocycles. The predicted molar refractivity (Wildman–Crippen MR) is 115 cm³/mol. The van der Waals surface area contributed by atoms with Crippen LogP contribution in [0.1, 0.15) is 31.2 Å². The molecule has 2 aliphatic rings. The summed E-state index contributed by atoms with van der Waals surface area (Å²) in [5.74, 6) is 1.92. The number of hydrogen-bond acceptors (Lipinski definition) is 2. The standard InChI is InChI=1S/C25H30N2/c1-3-7-23-21(5-1)17-22-6-2-4-8-24(22)25(23)18-27-15-11-20(12-16-27)19-9-13-26-14-10-19/h1-8,17,19-20,26H,9-16,18H2. The van der Waals surface area contributed by atoms with Crippen molar-refractivity contribution in [2.45, 2.75) is 32.2 Å². The molecule has 0 amide bonds. The maximum absolute atomic E-state index is 3.52. The van der Waals surface area contributed by atoms with Crippen LogP contribution in [-0.4, -0.2) is 31.1 Å². The quantitative estimate of drug-likeness (QED) is 0.647. The lowest BCUT2D eigenvalue weighted by atomic mass is 9.79. The molecule has 0 saturated carbocycles. The summed E-state index contributed by atoms with van der Waals surface area (Å²) in [6, 6.07) is 20.2. The van der Waals surface area contributed by atoms with Crippen LogP contribution in [0.2, 0.25) is 0 Å². The van der Waals surface area contributed by atoms with Crippen molar-refractivity contribution in [1.82, 2.24) is 10.2 Å². The molecule has 3 aromatic rings. The molecular formula is C25H30N2. The lowest BCUT2D eigenvalue weighted by Crippen LogP contribution is -2.39. The summed E-state index contributed by atoms with van der Waals surface area (Å²) in [7, 11) is 0. The second-order valence-electron chi connectivity index (χ2n) is 8.50. The summed E-state index contributed by atoms with van der Waals surface area (Å²) in [6.07, 6.45) is 5.54. The Morgan fingerprint density at radius 3 is 1.93 bits per heavy atom. The van der Waals surface area contributed by atoms with Gasteiger partial charge >= 0.3 is 0 Å². The van der Waals surface area contributed by atoms with E-state index in [-0.39, 0.29) is 0 Å². The molecule has 1 N–H and O–H groups in total. The highest BCUT2D eigenvalue weighted by molar-refractivity contribution is 6.02. The Morgan fingerprint density at radius 1 is 0.741 bits per heavy atom. The summed E-state index contributed by atoms with van der Waals surface area (Å²) >= 11 is 0. The van der Waals surface area contributed by atoms with Gasteiger partial charge in [0.2, 0.25) is 0 Å². The van der Waals surface area contributed by atoms with Gasteiger partial charge in [-0.15, -0.1) is 0 Å². The first kappa shape index (κ1) is 17.2. The Hall–Kier alpha value is -1.90. The number of nitrogens with zero attached hydrogens (tertiary/aromatic N) is 1. The molecule has 2 aliphatic heterocycles. The van der Waals surface area contributed by atoms with E-state index in [1.165, 1.54) is 79.0 Å². The highest BCUT2D eigenvalue weighted by atomic mass is 15.1. The van der Waals surface area contributed by atoms with Gasteiger partial charge in [0.15, 0.2) is 0 Å². The SMILES string of the molecule is c1ccc2c(CN3CCC(C4CCNCC4)CC3)c3ccccc3cc2c1. The van der Waals surface area contributed by atoms with Gasteiger partial charge < -0.3 is 5.32 Å². The average molecular weight is 359 g/mol. The summed E-state index contributed by atoms with van der Waals surface area (Å²) in [5, 5.41) is 9.12. The van der Waals surface area contributed by atoms with E-state index in [9.17, 15) is 0 Å². The number of hydrogen-bond donors (Lipinski definition) is 1. The van der Waals surface area contributed by atoms with Gasteiger partial charge in [0, 0.05) is 6.54 Å². The van der Waals surface area contributed by atoms with Crippen LogP contribution in [0.3, 0.4) is 0 Å². The molecular weight excluding hydrogens is 328 g/mol. The van der Waals surface area contributed by atoms with Gasteiger partial charge in [-0.05, 0) is 96.9 Å². The largest absolute Gasteiger partial charge is 0.317 e. The first-order valence-electron chi connectivity index (χ1n) is 10.7. The van der Waals surface area contributed by atoms with Crippen LogP contribution in [-0.2, 0) is 6.54 Å². The number of nitrogens with one attached hydrogen (secondary N) is 1. The van der Waals surface area contributed by atoms with E-state index in [1.807, 2.05) is 0 Å². The second-order valence-corrected chi connectivity index (χ2v) is 8.50. The zero-order chi connectivity index (χ0) is 18.1. The molecule has 2 saturated heterocycles. The van der Waals surface area contributed by atoms with Gasteiger partial charge in [0.05, 0.1) is 0 Å². The molecule has 5 rings (SSSR count). The van der Waals surface area contributed by atoms with Crippen molar-refractivity contribution in [3.05, 3.63) is 60.2 Å². The number of fused-ring (bicyclic) bond motifs is 2. The smallest absolute Gasteiger partial charge is 0.0246 e. The third-order valence-electron chi connectivity index (χ3n) is 6.95. The number of likely N-dealkylation sites (tertiary alicyclic amines) is 1. The van der Waals surface area contributed by atoms with Crippen molar-refractivity contribution >= 4 is 21.5 Å². The maximum Gasteiger partial charge on any atom is 0.0246 e. The average Bonchev–Trinajstić information content (AvgIpc) is 2.75. The van der Waals surface area contributed by atoms with Gasteiger partial charge in [-0.2, -0.15) is 0 Å². The lowest BCUT2D eigenvalue weighted by molar-refractivity contribution is 0.126. The van der Waals surface area contributed by atoms with Gasteiger partial charge in [-0.1, -0.05) is 48.5 Å². The van der Waals surface area contributed by atoms with Gasteiger partial charge in [0.1, 0.15) is 0 Å². The van der Waals surface area contributed by atoms with E-state index in [2.05, 4.69) is 64.8 Å². The highest BCUT2D eigenvalue weighted by Crippen LogP contribution is 2.33. The molecule has 0 bridgehead atoms. The number of benzene rings is 3. The van der Waals surface area contributed by atoms with E-state index in [4.69, 9.17) is 0 Å². The molecule has 2 nitrogen and oxygen atoms in total. The molecule has 0 spiro atoms. The van der Waals surface area contributed by atoms with Crippen molar-refractivity contribution in [2.24, 2.45) is 11.8 Å². The number of piperidine rings is 2. The van der Waals surface area contributed by atoms with Crippen LogP contribution in [0.5, 0.6) is 0 Å². The molecule has 0 atom stereocenters. The van der Waals surface area contributed by atoms with Gasteiger partial charge in [0.25, 0.3) is 0 Å².